The molecular weight excluding hydrogens is 269 g/mol. The first kappa shape index (κ1) is 7.66. The van der Waals surface area contributed by atoms with Gasteiger partial charge < -0.3 is 4.98 Å². The van der Waals surface area contributed by atoms with Crippen molar-refractivity contribution in [2.45, 2.75) is 0 Å². The molecule has 0 spiro atoms. The number of aromatic nitrogens is 3. The van der Waals surface area contributed by atoms with Gasteiger partial charge in [-0.3, -0.25) is 9.78 Å². The summed E-state index contributed by atoms with van der Waals surface area (Å²) >= 11 is 1.96. The molecule has 4 nitrogen and oxygen atoms in total. The minimum Gasteiger partial charge on any atom is -0.301 e. The molecule has 2 rings (SSSR count). The summed E-state index contributed by atoms with van der Waals surface area (Å²) in [5.74, 6) is 0. The summed E-state index contributed by atoms with van der Waals surface area (Å²) in [6, 6.07) is 1.65. The molecule has 0 amide bonds. The highest BCUT2D eigenvalue weighted by molar-refractivity contribution is 14.1. The maximum absolute atomic E-state index is 11.3. The molecule has 0 aliphatic carbocycles. The van der Waals surface area contributed by atoms with E-state index in [1.54, 1.807) is 18.5 Å². The van der Waals surface area contributed by atoms with Gasteiger partial charge in [0, 0.05) is 6.20 Å². The summed E-state index contributed by atoms with van der Waals surface area (Å²) in [4.78, 5) is 21.9. The highest BCUT2D eigenvalue weighted by Crippen LogP contribution is 2.04. The fraction of sp³-hybridized carbons (Fsp3) is 0. The zero-order valence-corrected chi connectivity index (χ0v) is 8.07. The number of fused-ring (bicyclic) bond motifs is 1. The van der Waals surface area contributed by atoms with Gasteiger partial charge in [0.25, 0.3) is 5.56 Å². The molecule has 2 aromatic heterocycles. The van der Waals surface area contributed by atoms with Crippen LogP contribution in [-0.4, -0.2) is 15.0 Å². The van der Waals surface area contributed by atoms with Crippen molar-refractivity contribution in [2.24, 2.45) is 0 Å². The van der Waals surface area contributed by atoms with Crippen LogP contribution in [0.25, 0.3) is 10.9 Å². The second kappa shape index (κ2) is 2.81. The van der Waals surface area contributed by atoms with E-state index in [0.717, 1.165) is 0 Å². The number of H-pyrrole nitrogens is 1. The first-order chi connectivity index (χ1) is 5.77. The third-order valence-corrected chi connectivity index (χ3v) is 1.99. The average molecular weight is 273 g/mol. The Morgan fingerprint density at radius 2 is 2.33 bits per heavy atom. The molecule has 0 atom stereocenters. The van der Waals surface area contributed by atoms with Crippen molar-refractivity contribution >= 4 is 33.5 Å². The summed E-state index contributed by atoms with van der Waals surface area (Å²) in [7, 11) is 0. The fourth-order valence-electron chi connectivity index (χ4n) is 0.962. The fourth-order valence-corrected chi connectivity index (χ4v) is 1.47. The van der Waals surface area contributed by atoms with E-state index < -0.39 is 0 Å². The molecule has 0 saturated carbocycles. The summed E-state index contributed by atoms with van der Waals surface area (Å²) < 4.78 is 0.582. The monoisotopic (exact) mass is 273 g/mol. The topological polar surface area (TPSA) is 58.6 Å². The Bertz CT molecular complexity index is 479. The lowest BCUT2D eigenvalue weighted by molar-refractivity contribution is 1.10. The van der Waals surface area contributed by atoms with E-state index in [2.05, 4.69) is 15.0 Å². The number of halogens is 1. The highest BCUT2D eigenvalue weighted by Gasteiger charge is 1.99. The summed E-state index contributed by atoms with van der Waals surface area (Å²) in [6.07, 6.45) is 3.15. The van der Waals surface area contributed by atoms with E-state index in [1.807, 2.05) is 22.6 Å². The van der Waals surface area contributed by atoms with Crippen LogP contribution in [-0.2, 0) is 0 Å². The van der Waals surface area contributed by atoms with E-state index in [-0.39, 0.29) is 5.56 Å². The maximum atomic E-state index is 11.3. The molecule has 0 aromatic carbocycles. The van der Waals surface area contributed by atoms with E-state index in [0.29, 0.717) is 14.7 Å². The van der Waals surface area contributed by atoms with Gasteiger partial charge in [0.2, 0.25) is 0 Å². The van der Waals surface area contributed by atoms with E-state index in [4.69, 9.17) is 0 Å². The van der Waals surface area contributed by atoms with Crippen molar-refractivity contribution in [3.8, 4) is 0 Å². The first-order valence-corrected chi connectivity index (χ1v) is 4.35. The number of pyridine rings is 1. The van der Waals surface area contributed by atoms with Gasteiger partial charge in [0.1, 0.15) is 0 Å². The Balaban J connectivity index is 2.99. The van der Waals surface area contributed by atoms with Crippen LogP contribution in [0.1, 0.15) is 0 Å². The van der Waals surface area contributed by atoms with Crippen molar-refractivity contribution < 1.29 is 0 Å². The van der Waals surface area contributed by atoms with Crippen LogP contribution >= 0.6 is 22.6 Å². The normalized spacial score (nSPS) is 10.4. The van der Waals surface area contributed by atoms with Gasteiger partial charge in [-0.1, -0.05) is 0 Å². The Labute approximate surface area is 81.2 Å². The number of hydrogen-bond donors (Lipinski definition) is 1. The van der Waals surface area contributed by atoms with Crippen LogP contribution in [0, 0.1) is 3.83 Å². The Morgan fingerprint density at radius 1 is 1.50 bits per heavy atom. The smallest absolute Gasteiger partial charge is 0.259 e. The number of aromatic amines is 1. The second-order valence-electron chi connectivity index (χ2n) is 2.25. The number of nitrogens with zero attached hydrogens (tertiary/aromatic N) is 2. The van der Waals surface area contributed by atoms with E-state index in [1.165, 1.54) is 0 Å². The molecule has 1 N–H and O–H groups in total. The van der Waals surface area contributed by atoms with Gasteiger partial charge >= 0.3 is 0 Å². The van der Waals surface area contributed by atoms with Crippen LogP contribution in [0.15, 0.2) is 23.3 Å². The molecule has 60 valence electrons. The predicted octanol–water partition coefficient (Wildman–Crippen LogP) is 0.923. The van der Waals surface area contributed by atoms with Crippen molar-refractivity contribution in [2.75, 3.05) is 0 Å². The summed E-state index contributed by atoms with van der Waals surface area (Å²) in [6.45, 7) is 0. The standard InChI is InChI=1S/C7H4IN3O/c8-7-10-5-3-9-2-1-4(5)6(12)11-7/h1-3H,(H,10,11,12). The number of hydrogen-bond acceptors (Lipinski definition) is 3. The molecule has 0 saturated heterocycles. The van der Waals surface area contributed by atoms with Gasteiger partial charge in [-0.05, 0) is 28.7 Å². The van der Waals surface area contributed by atoms with Crippen LogP contribution in [0.3, 0.4) is 0 Å². The second-order valence-corrected chi connectivity index (χ2v) is 3.27. The van der Waals surface area contributed by atoms with Crippen molar-refractivity contribution in [1.29, 1.82) is 0 Å². The predicted molar refractivity (Wildman–Crippen MR) is 52.9 cm³/mol. The lowest BCUT2D eigenvalue weighted by atomic mass is 10.3. The quantitative estimate of drug-likeness (QED) is 0.573. The Kier molecular flexibility index (Phi) is 1.80. The molecule has 2 heterocycles. The molecule has 0 aliphatic rings. The van der Waals surface area contributed by atoms with Gasteiger partial charge in [-0.25, -0.2) is 4.98 Å². The summed E-state index contributed by atoms with van der Waals surface area (Å²) in [5.41, 5.74) is 0.512. The largest absolute Gasteiger partial charge is 0.301 e. The lowest BCUT2D eigenvalue weighted by Gasteiger charge is -1.94. The Hall–Kier alpha value is -0.980. The minimum absolute atomic E-state index is 0.119. The lowest BCUT2D eigenvalue weighted by Crippen LogP contribution is -2.09. The van der Waals surface area contributed by atoms with Crippen molar-refractivity contribution in [3.63, 3.8) is 0 Å². The molecule has 0 unspecified atom stereocenters. The third kappa shape index (κ3) is 1.20. The first-order valence-electron chi connectivity index (χ1n) is 3.27. The van der Waals surface area contributed by atoms with Gasteiger partial charge in [-0.15, -0.1) is 0 Å². The van der Waals surface area contributed by atoms with Crippen LogP contribution in [0.5, 0.6) is 0 Å². The summed E-state index contributed by atoms with van der Waals surface area (Å²) in [5, 5.41) is 0.574. The number of rotatable bonds is 0. The molecule has 0 fully saturated rings. The third-order valence-electron chi connectivity index (χ3n) is 1.48. The van der Waals surface area contributed by atoms with Crippen molar-refractivity contribution in [3.05, 3.63) is 32.6 Å². The van der Waals surface area contributed by atoms with Crippen LogP contribution in [0.2, 0.25) is 0 Å². The Morgan fingerprint density at radius 3 is 3.17 bits per heavy atom. The zero-order chi connectivity index (χ0) is 8.55. The highest BCUT2D eigenvalue weighted by atomic mass is 127. The zero-order valence-electron chi connectivity index (χ0n) is 5.91. The molecule has 2 aromatic rings. The van der Waals surface area contributed by atoms with Gasteiger partial charge in [0.15, 0.2) is 3.83 Å². The molecule has 0 bridgehead atoms. The minimum atomic E-state index is -0.119. The molecule has 5 heteroatoms. The molecule has 0 aliphatic heterocycles. The van der Waals surface area contributed by atoms with Crippen LogP contribution in [0.4, 0.5) is 0 Å². The number of nitrogens with one attached hydrogen (secondary N) is 1. The molecular formula is C7H4IN3O. The van der Waals surface area contributed by atoms with Gasteiger partial charge in [0.05, 0.1) is 17.1 Å². The van der Waals surface area contributed by atoms with Gasteiger partial charge in [-0.2, -0.15) is 0 Å². The van der Waals surface area contributed by atoms with Crippen molar-refractivity contribution in [1.82, 2.24) is 15.0 Å². The average Bonchev–Trinajstić information content (AvgIpc) is 2.04. The van der Waals surface area contributed by atoms with E-state index >= 15 is 0 Å². The molecule has 0 radical (unpaired) electrons. The molecule has 12 heavy (non-hydrogen) atoms. The SMILES string of the molecule is O=c1[nH]c(I)nc2cnccc12. The van der Waals surface area contributed by atoms with E-state index in [9.17, 15) is 4.79 Å². The maximum Gasteiger partial charge on any atom is 0.259 e. The van der Waals surface area contributed by atoms with Crippen LogP contribution < -0.4 is 5.56 Å².